The van der Waals surface area contributed by atoms with Crippen molar-refractivity contribution in [2.75, 3.05) is 36.4 Å². The minimum atomic E-state index is -3.44. The summed E-state index contributed by atoms with van der Waals surface area (Å²) in [5.74, 6) is 2.57. The first-order valence-electron chi connectivity index (χ1n) is 12.3. The van der Waals surface area contributed by atoms with Crippen molar-refractivity contribution in [3.8, 4) is 0 Å². The van der Waals surface area contributed by atoms with Crippen LogP contribution < -0.4 is 14.9 Å². The Bertz CT molecular complexity index is 1170. The van der Waals surface area contributed by atoms with Gasteiger partial charge in [0.2, 0.25) is 16.0 Å². The topological polar surface area (TPSA) is 87.2 Å². The Morgan fingerprint density at radius 2 is 1.47 bits per heavy atom. The highest BCUT2D eigenvalue weighted by Gasteiger charge is 2.23. The van der Waals surface area contributed by atoms with E-state index >= 15 is 0 Å². The summed E-state index contributed by atoms with van der Waals surface area (Å²) < 4.78 is 27.7. The summed E-state index contributed by atoms with van der Waals surface area (Å²) in [6.45, 7) is 7.42. The van der Waals surface area contributed by atoms with Crippen molar-refractivity contribution in [2.45, 2.75) is 44.4 Å². The molecule has 34 heavy (non-hydrogen) atoms. The number of hydrogen-bond donors (Lipinski definition) is 2. The van der Waals surface area contributed by atoms with Gasteiger partial charge < -0.3 is 10.2 Å². The fourth-order valence-electron chi connectivity index (χ4n) is 4.69. The van der Waals surface area contributed by atoms with Crippen LogP contribution >= 0.6 is 0 Å². The van der Waals surface area contributed by atoms with E-state index in [0.29, 0.717) is 29.2 Å². The van der Waals surface area contributed by atoms with Crippen LogP contribution in [-0.2, 0) is 10.0 Å². The van der Waals surface area contributed by atoms with E-state index in [1.807, 2.05) is 24.3 Å². The summed E-state index contributed by atoms with van der Waals surface area (Å²) in [5.41, 5.74) is 0.955. The van der Waals surface area contributed by atoms with Gasteiger partial charge in [-0.2, -0.15) is 4.98 Å². The van der Waals surface area contributed by atoms with E-state index in [9.17, 15) is 8.42 Å². The van der Waals surface area contributed by atoms with Crippen molar-refractivity contribution in [1.82, 2.24) is 14.7 Å². The predicted octanol–water partition coefficient (Wildman–Crippen LogP) is 4.67. The molecule has 0 amide bonds. The van der Waals surface area contributed by atoms with Crippen molar-refractivity contribution in [3.63, 3.8) is 0 Å². The SMILES string of the molecule is CCN(CC)c1nc(NC[C@H]2CC[C@H](CNS(=O)(=O)c3ccccc3)CC2)nc2ccccc12. The van der Waals surface area contributed by atoms with Gasteiger partial charge in [-0.3, -0.25) is 0 Å². The van der Waals surface area contributed by atoms with Crippen LogP contribution in [0.4, 0.5) is 11.8 Å². The van der Waals surface area contributed by atoms with Gasteiger partial charge >= 0.3 is 0 Å². The summed E-state index contributed by atoms with van der Waals surface area (Å²) in [5, 5.41) is 4.56. The lowest BCUT2D eigenvalue weighted by Gasteiger charge is -2.29. The Morgan fingerprint density at radius 1 is 0.853 bits per heavy atom. The minimum Gasteiger partial charge on any atom is -0.356 e. The molecular weight excluding hydrogens is 446 g/mol. The van der Waals surface area contributed by atoms with Crippen LogP contribution in [0, 0.1) is 11.8 Å². The zero-order chi connectivity index (χ0) is 24.0. The number of para-hydroxylation sites is 1. The van der Waals surface area contributed by atoms with E-state index in [-0.39, 0.29) is 0 Å². The molecule has 1 saturated carbocycles. The Labute approximate surface area is 203 Å². The fourth-order valence-corrected chi connectivity index (χ4v) is 5.83. The molecule has 0 saturated heterocycles. The van der Waals surface area contributed by atoms with Crippen LogP contribution in [0.2, 0.25) is 0 Å². The average molecular weight is 482 g/mol. The molecule has 7 nitrogen and oxygen atoms in total. The van der Waals surface area contributed by atoms with Crippen LogP contribution in [0.15, 0.2) is 59.5 Å². The lowest BCUT2D eigenvalue weighted by Crippen LogP contribution is -2.32. The van der Waals surface area contributed by atoms with Crippen LogP contribution in [0.3, 0.4) is 0 Å². The molecule has 1 aliphatic rings. The normalized spacial score (nSPS) is 18.6. The lowest BCUT2D eigenvalue weighted by molar-refractivity contribution is 0.284. The van der Waals surface area contributed by atoms with E-state index in [4.69, 9.17) is 9.97 Å². The van der Waals surface area contributed by atoms with Gasteiger partial charge in [0.1, 0.15) is 5.82 Å². The largest absolute Gasteiger partial charge is 0.356 e. The standard InChI is InChI=1S/C26H35N5O2S/c1-3-31(4-2)25-23-12-8-9-13-24(23)29-26(30-25)27-18-20-14-16-21(17-15-20)19-28-34(32,33)22-10-6-5-7-11-22/h5-13,20-21,28H,3-4,14-19H2,1-2H3,(H,27,29,30)/t20-,21-. The molecule has 0 spiro atoms. The number of rotatable bonds is 10. The molecule has 0 bridgehead atoms. The van der Waals surface area contributed by atoms with Crippen LogP contribution in [0.1, 0.15) is 39.5 Å². The monoisotopic (exact) mass is 481 g/mol. The van der Waals surface area contributed by atoms with E-state index in [0.717, 1.165) is 62.0 Å². The number of fused-ring (bicyclic) bond motifs is 1. The number of anilines is 2. The number of sulfonamides is 1. The van der Waals surface area contributed by atoms with Crippen LogP contribution in [0.25, 0.3) is 10.9 Å². The zero-order valence-corrected chi connectivity index (χ0v) is 20.9. The fraction of sp³-hybridized carbons (Fsp3) is 0.462. The molecule has 1 heterocycles. The molecule has 0 aliphatic heterocycles. The molecule has 1 aromatic heterocycles. The Hall–Kier alpha value is -2.71. The number of nitrogens with zero attached hydrogens (tertiary/aromatic N) is 3. The van der Waals surface area contributed by atoms with Gasteiger partial charge in [0, 0.05) is 31.6 Å². The number of aromatic nitrogens is 2. The summed E-state index contributed by atoms with van der Waals surface area (Å²) in [4.78, 5) is 12.2. The molecule has 182 valence electrons. The van der Waals surface area contributed by atoms with Crippen molar-refractivity contribution in [3.05, 3.63) is 54.6 Å². The van der Waals surface area contributed by atoms with Gasteiger partial charge in [0.25, 0.3) is 0 Å². The number of benzene rings is 2. The Morgan fingerprint density at radius 3 is 2.15 bits per heavy atom. The van der Waals surface area contributed by atoms with Gasteiger partial charge in [0.15, 0.2) is 0 Å². The molecule has 0 unspecified atom stereocenters. The number of nitrogens with one attached hydrogen (secondary N) is 2. The van der Waals surface area contributed by atoms with E-state index in [1.54, 1.807) is 24.3 Å². The zero-order valence-electron chi connectivity index (χ0n) is 20.1. The van der Waals surface area contributed by atoms with Gasteiger partial charge in [0.05, 0.1) is 10.4 Å². The molecule has 4 rings (SSSR count). The molecule has 2 aromatic carbocycles. The molecule has 8 heteroatoms. The van der Waals surface area contributed by atoms with Gasteiger partial charge in [-0.15, -0.1) is 0 Å². The summed E-state index contributed by atoms with van der Waals surface area (Å²) >= 11 is 0. The Kier molecular flexibility index (Phi) is 8.00. The lowest BCUT2D eigenvalue weighted by atomic mass is 9.82. The van der Waals surface area contributed by atoms with Crippen molar-refractivity contribution >= 4 is 32.7 Å². The first kappa shape index (κ1) is 24.4. The van der Waals surface area contributed by atoms with Crippen molar-refractivity contribution < 1.29 is 8.42 Å². The highest BCUT2D eigenvalue weighted by Crippen LogP contribution is 2.30. The third-order valence-electron chi connectivity index (χ3n) is 6.78. The molecule has 0 radical (unpaired) electrons. The summed E-state index contributed by atoms with van der Waals surface area (Å²) in [6, 6.07) is 16.7. The molecule has 0 atom stereocenters. The molecule has 2 N–H and O–H groups in total. The smallest absolute Gasteiger partial charge is 0.240 e. The van der Waals surface area contributed by atoms with Gasteiger partial charge in [-0.1, -0.05) is 30.3 Å². The first-order valence-corrected chi connectivity index (χ1v) is 13.8. The van der Waals surface area contributed by atoms with E-state index in [1.165, 1.54) is 0 Å². The van der Waals surface area contributed by atoms with Crippen molar-refractivity contribution in [1.29, 1.82) is 0 Å². The molecular formula is C26H35N5O2S. The summed E-state index contributed by atoms with van der Waals surface area (Å²) in [7, 11) is -3.44. The van der Waals surface area contributed by atoms with Crippen LogP contribution in [-0.4, -0.2) is 44.6 Å². The van der Waals surface area contributed by atoms with Crippen LogP contribution in [0.5, 0.6) is 0 Å². The predicted molar refractivity (Wildman–Crippen MR) is 139 cm³/mol. The maximum atomic E-state index is 12.5. The first-order chi connectivity index (χ1) is 16.5. The third kappa shape index (κ3) is 5.85. The Balaban J connectivity index is 1.31. The number of hydrogen-bond acceptors (Lipinski definition) is 6. The third-order valence-corrected chi connectivity index (χ3v) is 8.22. The maximum absolute atomic E-state index is 12.5. The molecule has 3 aromatic rings. The quantitative estimate of drug-likeness (QED) is 0.437. The highest BCUT2D eigenvalue weighted by molar-refractivity contribution is 7.89. The maximum Gasteiger partial charge on any atom is 0.240 e. The summed E-state index contributed by atoms with van der Waals surface area (Å²) in [6.07, 6.45) is 4.18. The van der Waals surface area contributed by atoms with Gasteiger partial charge in [-0.25, -0.2) is 18.1 Å². The highest BCUT2D eigenvalue weighted by atomic mass is 32.2. The minimum absolute atomic E-state index is 0.326. The second-order valence-electron chi connectivity index (χ2n) is 8.99. The molecule has 1 aliphatic carbocycles. The molecule has 1 fully saturated rings. The van der Waals surface area contributed by atoms with E-state index in [2.05, 4.69) is 34.9 Å². The second-order valence-corrected chi connectivity index (χ2v) is 10.8. The van der Waals surface area contributed by atoms with Crippen molar-refractivity contribution in [2.24, 2.45) is 11.8 Å². The van der Waals surface area contributed by atoms with Gasteiger partial charge in [-0.05, 0) is 75.6 Å². The second kappa shape index (κ2) is 11.1. The average Bonchev–Trinajstić information content (AvgIpc) is 2.88. The van der Waals surface area contributed by atoms with E-state index < -0.39 is 10.0 Å².